The van der Waals surface area contributed by atoms with Gasteiger partial charge in [-0.05, 0) is 5.53 Å². The Hall–Kier alpha value is -2.42. The molecule has 2 aromatic heterocycles. The van der Waals surface area contributed by atoms with E-state index in [4.69, 9.17) is 10.3 Å². The van der Waals surface area contributed by atoms with Gasteiger partial charge in [-0.1, -0.05) is 5.11 Å². The Morgan fingerprint density at radius 1 is 1.65 bits per heavy atom. The number of aliphatic hydroxyl groups is 1. The Morgan fingerprint density at radius 3 is 3.25 bits per heavy atom. The van der Waals surface area contributed by atoms with Crippen LogP contribution >= 0.6 is 0 Å². The molecule has 3 heterocycles. The minimum absolute atomic E-state index is 0.212. The molecule has 0 amide bonds. The molecule has 2 aromatic rings. The molecule has 0 saturated carbocycles. The summed E-state index contributed by atoms with van der Waals surface area (Å²) in [5, 5.41) is 12.8. The lowest BCUT2D eigenvalue weighted by molar-refractivity contribution is -0.0233. The summed E-state index contributed by atoms with van der Waals surface area (Å²) >= 11 is 0. The fourth-order valence-electron chi connectivity index (χ4n) is 2.31. The molecule has 104 valence electrons. The van der Waals surface area contributed by atoms with Gasteiger partial charge in [0.2, 0.25) is 0 Å². The molecule has 0 aromatic carbocycles. The van der Waals surface area contributed by atoms with Crippen LogP contribution in [0.1, 0.15) is 12.6 Å². The molecular formula is C10H11N7O3. The van der Waals surface area contributed by atoms with Crippen LogP contribution in [-0.4, -0.2) is 43.4 Å². The number of ether oxygens (including phenoxy) is 1. The van der Waals surface area contributed by atoms with E-state index in [0.717, 1.165) is 0 Å². The molecule has 1 aliphatic rings. The lowest BCUT2D eigenvalue weighted by Crippen LogP contribution is -2.22. The van der Waals surface area contributed by atoms with Gasteiger partial charge >= 0.3 is 0 Å². The van der Waals surface area contributed by atoms with Crippen molar-refractivity contribution in [2.45, 2.75) is 24.8 Å². The van der Waals surface area contributed by atoms with Crippen LogP contribution in [0.25, 0.3) is 21.6 Å². The monoisotopic (exact) mass is 277 g/mol. The summed E-state index contributed by atoms with van der Waals surface area (Å²) in [6, 6.07) is -0.463. The fourth-order valence-corrected chi connectivity index (χ4v) is 2.31. The molecule has 20 heavy (non-hydrogen) atoms. The first-order valence-corrected chi connectivity index (χ1v) is 5.95. The van der Waals surface area contributed by atoms with Gasteiger partial charge in [0, 0.05) is 11.3 Å². The van der Waals surface area contributed by atoms with Crippen molar-refractivity contribution in [2.24, 2.45) is 5.11 Å². The van der Waals surface area contributed by atoms with Crippen LogP contribution in [0.15, 0.2) is 22.6 Å². The van der Waals surface area contributed by atoms with Crippen molar-refractivity contribution in [2.75, 3.05) is 6.61 Å². The van der Waals surface area contributed by atoms with Gasteiger partial charge < -0.3 is 14.8 Å². The molecular weight excluding hydrogens is 266 g/mol. The molecule has 3 atom stereocenters. The van der Waals surface area contributed by atoms with Gasteiger partial charge in [0.1, 0.15) is 6.23 Å². The Morgan fingerprint density at radius 2 is 2.50 bits per heavy atom. The molecule has 0 spiro atoms. The average molecular weight is 277 g/mol. The van der Waals surface area contributed by atoms with Gasteiger partial charge in [0.25, 0.3) is 5.56 Å². The first-order valence-electron chi connectivity index (χ1n) is 5.95. The molecule has 2 N–H and O–H groups in total. The normalized spacial score (nSPS) is 25.8. The van der Waals surface area contributed by atoms with E-state index < -0.39 is 18.4 Å². The van der Waals surface area contributed by atoms with E-state index in [1.54, 1.807) is 4.57 Å². The first-order chi connectivity index (χ1) is 9.74. The summed E-state index contributed by atoms with van der Waals surface area (Å²) in [4.78, 5) is 24.8. The van der Waals surface area contributed by atoms with Gasteiger partial charge in [0.15, 0.2) is 11.2 Å². The standard InChI is InChI=1S/C10H11N7O3/c11-16-15-5-1-7(20-6(5)2-18)17-4-14-8-9(17)12-3-13-10(8)19/h3-7,18H,1-2H2,(H,12,13,19)/t5?,6-,7-/m1/s1. The van der Waals surface area contributed by atoms with E-state index in [1.807, 2.05) is 0 Å². The fraction of sp³-hybridized carbons (Fsp3) is 0.500. The number of aliphatic hydroxyl groups excluding tert-OH is 1. The molecule has 1 unspecified atom stereocenters. The second-order valence-electron chi connectivity index (χ2n) is 4.38. The number of fused-ring (bicyclic) bond motifs is 1. The van der Waals surface area contributed by atoms with Crippen LogP contribution in [0, 0.1) is 0 Å². The molecule has 10 heteroatoms. The number of nitrogens with one attached hydrogen (secondary N) is 1. The predicted octanol–water partition coefficient (Wildman–Crippen LogP) is 0.0783. The molecule has 1 fully saturated rings. The van der Waals surface area contributed by atoms with Gasteiger partial charge in [-0.15, -0.1) is 0 Å². The first kappa shape index (κ1) is 12.6. The quantitative estimate of drug-likeness (QED) is 0.464. The van der Waals surface area contributed by atoms with E-state index in [2.05, 4.69) is 25.0 Å². The number of aromatic nitrogens is 4. The maximum absolute atomic E-state index is 11.6. The van der Waals surface area contributed by atoms with E-state index in [1.165, 1.54) is 12.7 Å². The van der Waals surface area contributed by atoms with Crippen molar-refractivity contribution >= 4 is 11.2 Å². The van der Waals surface area contributed by atoms with Crippen molar-refractivity contribution < 1.29 is 9.84 Å². The van der Waals surface area contributed by atoms with Crippen LogP contribution in [0.3, 0.4) is 0 Å². The average Bonchev–Trinajstić information content (AvgIpc) is 3.03. The van der Waals surface area contributed by atoms with Crippen LogP contribution in [-0.2, 0) is 4.74 Å². The largest absolute Gasteiger partial charge is 0.394 e. The minimum atomic E-state index is -0.574. The topological polar surface area (TPSA) is 142 Å². The Kier molecular flexibility index (Phi) is 3.11. The summed E-state index contributed by atoms with van der Waals surface area (Å²) in [7, 11) is 0. The van der Waals surface area contributed by atoms with Crippen LogP contribution < -0.4 is 5.56 Å². The van der Waals surface area contributed by atoms with Crippen molar-refractivity contribution in [3.63, 3.8) is 0 Å². The molecule has 0 aliphatic carbocycles. The van der Waals surface area contributed by atoms with Crippen LogP contribution in [0.2, 0.25) is 0 Å². The SMILES string of the molecule is [N-]=[N+]=NC1C[C@H](n2cnc3c(=O)[nH]cnc32)O[C@@H]1CO. The van der Waals surface area contributed by atoms with Crippen molar-refractivity contribution in [1.29, 1.82) is 0 Å². The maximum atomic E-state index is 11.6. The highest BCUT2D eigenvalue weighted by Crippen LogP contribution is 2.31. The van der Waals surface area contributed by atoms with Crippen LogP contribution in [0.5, 0.6) is 0 Å². The summed E-state index contributed by atoms with van der Waals surface area (Å²) in [6.07, 6.45) is 2.06. The second kappa shape index (κ2) is 4.93. The van der Waals surface area contributed by atoms with Crippen molar-refractivity contribution in [3.05, 3.63) is 33.5 Å². The number of rotatable bonds is 3. The number of H-pyrrole nitrogens is 1. The highest BCUT2D eigenvalue weighted by molar-refractivity contribution is 5.68. The number of imidazole rings is 1. The predicted molar refractivity (Wildman–Crippen MR) is 66.7 cm³/mol. The number of hydrogen-bond acceptors (Lipinski definition) is 6. The summed E-state index contributed by atoms with van der Waals surface area (Å²) < 4.78 is 7.22. The zero-order valence-electron chi connectivity index (χ0n) is 10.2. The summed E-state index contributed by atoms with van der Waals surface area (Å²) in [5.41, 5.74) is 8.77. The zero-order valence-corrected chi connectivity index (χ0v) is 10.2. The van der Waals surface area contributed by atoms with Gasteiger partial charge in [-0.2, -0.15) is 0 Å². The third-order valence-corrected chi connectivity index (χ3v) is 3.26. The second-order valence-corrected chi connectivity index (χ2v) is 4.38. The minimum Gasteiger partial charge on any atom is -0.394 e. The summed E-state index contributed by atoms with van der Waals surface area (Å²) in [6.45, 7) is -0.249. The Labute approximate surface area is 111 Å². The van der Waals surface area contributed by atoms with E-state index in [9.17, 15) is 9.90 Å². The zero-order chi connectivity index (χ0) is 14.1. The van der Waals surface area contributed by atoms with Gasteiger partial charge in [-0.25, -0.2) is 9.97 Å². The molecule has 0 bridgehead atoms. The third kappa shape index (κ3) is 1.92. The summed E-state index contributed by atoms with van der Waals surface area (Å²) in [5.74, 6) is 0. The van der Waals surface area contributed by atoms with Crippen molar-refractivity contribution in [1.82, 2.24) is 19.5 Å². The van der Waals surface area contributed by atoms with E-state index in [0.29, 0.717) is 12.1 Å². The highest BCUT2D eigenvalue weighted by atomic mass is 16.5. The van der Waals surface area contributed by atoms with E-state index >= 15 is 0 Å². The van der Waals surface area contributed by atoms with E-state index in [-0.39, 0.29) is 17.7 Å². The molecule has 3 rings (SSSR count). The molecule has 0 radical (unpaired) electrons. The lowest BCUT2D eigenvalue weighted by atomic mass is 10.1. The number of aromatic amines is 1. The number of hydrogen-bond donors (Lipinski definition) is 2. The smallest absolute Gasteiger partial charge is 0.278 e. The van der Waals surface area contributed by atoms with Crippen LogP contribution in [0.4, 0.5) is 0 Å². The third-order valence-electron chi connectivity index (χ3n) is 3.26. The number of nitrogens with zero attached hydrogens (tertiary/aromatic N) is 6. The highest BCUT2D eigenvalue weighted by Gasteiger charge is 2.36. The van der Waals surface area contributed by atoms with Gasteiger partial charge in [-0.3, -0.25) is 9.36 Å². The maximum Gasteiger partial charge on any atom is 0.278 e. The molecule has 10 nitrogen and oxygen atoms in total. The Balaban J connectivity index is 1.98. The number of azide groups is 1. The molecule has 1 saturated heterocycles. The van der Waals surface area contributed by atoms with Crippen molar-refractivity contribution in [3.8, 4) is 0 Å². The molecule has 1 aliphatic heterocycles. The Bertz CT molecular complexity index is 732. The van der Waals surface area contributed by atoms with Gasteiger partial charge in [0.05, 0.1) is 31.4 Å². The lowest BCUT2D eigenvalue weighted by Gasteiger charge is -2.13.